The first-order valence-electron chi connectivity index (χ1n) is 17.7. The van der Waals surface area contributed by atoms with Gasteiger partial charge in [0, 0.05) is 10.8 Å². The van der Waals surface area contributed by atoms with E-state index in [1.165, 1.54) is 9.47 Å². The van der Waals surface area contributed by atoms with Crippen LogP contribution in [0.5, 0.6) is 0 Å². The predicted octanol–water partition coefficient (Wildman–Crippen LogP) is 12.4. The first-order chi connectivity index (χ1) is 31.2. The molecule has 424 valence electrons. The molecule has 0 aromatic carbocycles. The first kappa shape index (κ1) is 62.7. The Kier molecular flexibility index (Phi) is 15.2. The van der Waals surface area contributed by atoms with Crippen molar-refractivity contribution < 1.29 is 187 Å². The molecular formula is C30H18F34O8. The van der Waals surface area contributed by atoms with E-state index in [0.29, 0.717) is 0 Å². The van der Waals surface area contributed by atoms with Crippen molar-refractivity contribution in [2.75, 3.05) is 13.2 Å². The number of hydrogen-bond donors (Lipinski definition) is 0. The van der Waals surface area contributed by atoms with Gasteiger partial charge in [-0.2, -0.15) is 149 Å². The fourth-order valence-corrected chi connectivity index (χ4v) is 7.90. The maximum atomic E-state index is 15.2. The van der Waals surface area contributed by atoms with Crippen LogP contribution in [-0.4, -0.2) is 122 Å². The van der Waals surface area contributed by atoms with Crippen molar-refractivity contribution in [3.05, 3.63) is 0 Å². The van der Waals surface area contributed by atoms with Gasteiger partial charge in [0.15, 0.2) is 0 Å². The Morgan fingerprint density at radius 3 is 0.806 bits per heavy atom. The molecule has 42 heteroatoms. The van der Waals surface area contributed by atoms with E-state index in [1.54, 1.807) is 0 Å². The van der Waals surface area contributed by atoms with Gasteiger partial charge in [-0.05, 0) is 50.4 Å². The summed E-state index contributed by atoms with van der Waals surface area (Å²) in [5, 5.41) is 0. The minimum atomic E-state index is -8.45. The predicted molar refractivity (Wildman–Crippen MR) is 147 cm³/mol. The highest BCUT2D eigenvalue weighted by Crippen LogP contribution is 2.66. The van der Waals surface area contributed by atoms with Gasteiger partial charge >= 0.3 is 109 Å². The summed E-state index contributed by atoms with van der Waals surface area (Å²) < 4.78 is 475. The molecular weight excluding hydrogens is 1130 g/mol. The van der Waals surface area contributed by atoms with Crippen LogP contribution < -0.4 is 0 Å². The standard InChI is InChI=1S/C30H18F34O8/c31-15(21(39,40)41,69-29(61,62)19(37,25(51,52)53)71-27(57,58)17(33,34)23(45,46)47)11(65)67-7-13-2-9-1-10(4-13)5-14(3-9,6-13)8-68-12(66)16(32,22(42,43)44)70-30(63,64)20(38,26(54,55)56)72-28(59,60)18(35,36)24(48,49)50/h9-10H,1-8H2. The highest BCUT2D eigenvalue weighted by Gasteiger charge is 2.88. The zero-order chi connectivity index (χ0) is 57.2. The molecule has 72 heavy (non-hydrogen) atoms. The summed E-state index contributed by atoms with van der Waals surface area (Å²) in [5.41, 5.74) is -4.60. The molecule has 4 aliphatic rings. The normalized spacial score (nSPS) is 26.9. The fourth-order valence-electron chi connectivity index (χ4n) is 7.90. The first-order valence-corrected chi connectivity index (χ1v) is 17.7. The lowest BCUT2D eigenvalue weighted by Crippen LogP contribution is -2.68. The van der Waals surface area contributed by atoms with Gasteiger partial charge in [-0.15, -0.1) is 0 Å². The van der Waals surface area contributed by atoms with Crippen molar-refractivity contribution >= 4 is 11.9 Å². The van der Waals surface area contributed by atoms with Gasteiger partial charge in [0.05, 0.1) is 13.2 Å². The largest absolute Gasteiger partial charge is 0.462 e. The van der Waals surface area contributed by atoms with E-state index in [-0.39, 0.29) is 6.42 Å². The third-order valence-corrected chi connectivity index (χ3v) is 10.6. The van der Waals surface area contributed by atoms with Crippen molar-refractivity contribution in [3.63, 3.8) is 0 Å². The average molecular weight is 1150 g/mol. The van der Waals surface area contributed by atoms with Crippen LogP contribution >= 0.6 is 0 Å². The number of hydrogen-bond acceptors (Lipinski definition) is 8. The maximum Gasteiger partial charge on any atom is 0.462 e. The van der Waals surface area contributed by atoms with Crippen LogP contribution in [0.1, 0.15) is 38.5 Å². The topological polar surface area (TPSA) is 89.5 Å². The molecule has 0 aromatic heterocycles. The smallest absolute Gasteiger partial charge is 0.461 e. The second-order valence-corrected chi connectivity index (χ2v) is 16.1. The Morgan fingerprint density at radius 1 is 0.347 bits per heavy atom. The molecule has 0 heterocycles. The number of carbonyl (C=O) groups is 2. The van der Waals surface area contributed by atoms with Crippen LogP contribution in [0.15, 0.2) is 0 Å². The van der Waals surface area contributed by atoms with E-state index in [1.807, 2.05) is 9.47 Å². The molecule has 0 aromatic rings. The molecule has 8 nitrogen and oxygen atoms in total. The molecule has 0 N–H and O–H groups in total. The van der Waals surface area contributed by atoms with E-state index >= 15 is 8.78 Å². The molecule has 0 aliphatic heterocycles. The average Bonchev–Trinajstić information content (AvgIpc) is 3.11. The van der Waals surface area contributed by atoms with Gasteiger partial charge in [0.2, 0.25) is 0 Å². The van der Waals surface area contributed by atoms with Gasteiger partial charge in [-0.25, -0.2) is 9.59 Å². The second kappa shape index (κ2) is 17.5. The van der Waals surface area contributed by atoms with Gasteiger partial charge in [-0.3, -0.25) is 18.9 Å². The van der Waals surface area contributed by atoms with Gasteiger partial charge in [0.25, 0.3) is 0 Å². The van der Waals surface area contributed by atoms with Crippen LogP contribution in [0.3, 0.4) is 0 Å². The van der Waals surface area contributed by atoms with E-state index in [0.717, 1.165) is 0 Å². The highest BCUT2D eigenvalue weighted by molar-refractivity contribution is 5.79. The molecule has 4 rings (SSSR count). The zero-order valence-corrected chi connectivity index (χ0v) is 32.9. The van der Waals surface area contributed by atoms with Crippen molar-refractivity contribution in [2.45, 2.75) is 135 Å². The minimum absolute atomic E-state index is 0.205. The number of carbonyl (C=O) groups excluding carboxylic acids is 2. The van der Waals surface area contributed by atoms with Crippen molar-refractivity contribution in [2.24, 2.45) is 22.7 Å². The summed E-state index contributed by atoms with van der Waals surface area (Å²) in [6.45, 7) is -4.03. The lowest BCUT2D eigenvalue weighted by Gasteiger charge is -2.61. The number of alkyl halides is 34. The molecule has 0 radical (unpaired) electrons. The van der Waals surface area contributed by atoms with Crippen LogP contribution in [0.4, 0.5) is 149 Å². The molecule has 4 atom stereocenters. The summed E-state index contributed by atoms with van der Waals surface area (Å²) in [5.74, 6) is -58.7. The third-order valence-electron chi connectivity index (χ3n) is 10.6. The number of ether oxygens (including phenoxy) is 6. The summed E-state index contributed by atoms with van der Waals surface area (Å²) in [4.78, 5) is 24.8. The van der Waals surface area contributed by atoms with Crippen LogP contribution in [0.2, 0.25) is 0 Å². The molecule has 0 saturated heterocycles. The monoisotopic (exact) mass is 1150 g/mol. The third kappa shape index (κ3) is 10.5. The zero-order valence-electron chi connectivity index (χ0n) is 32.9. The van der Waals surface area contributed by atoms with Crippen molar-refractivity contribution in [1.82, 2.24) is 0 Å². The Bertz CT molecular complexity index is 1850. The Balaban J connectivity index is 1.97. The lowest BCUT2D eigenvalue weighted by atomic mass is 9.44. The molecule has 0 amide bonds. The number of esters is 2. The number of halogens is 34. The molecule has 4 aliphatic carbocycles. The Labute approximate surface area is 371 Å². The van der Waals surface area contributed by atoms with Crippen LogP contribution in [-0.2, 0) is 38.0 Å². The molecule has 4 fully saturated rings. The van der Waals surface area contributed by atoms with E-state index in [2.05, 4.69) is 9.47 Å². The lowest BCUT2D eigenvalue weighted by molar-refractivity contribution is -0.548. The second-order valence-electron chi connectivity index (χ2n) is 16.1. The summed E-state index contributed by atoms with van der Waals surface area (Å²) in [6, 6.07) is 0. The van der Waals surface area contributed by atoms with E-state index < -0.39 is 177 Å². The molecule has 4 saturated carbocycles. The molecule has 4 bridgehead atoms. The minimum Gasteiger partial charge on any atom is -0.461 e. The fraction of sp³-hybridized carbons (Fsp3) is 0.933. The molecule has 4 unspecified atom stereocenters. The number of rotatable bonds is 18. The summed E-state index contributed by atoms with van der Waals surface area (Å²) in [7, 11) is 0. The quantitative estimate of drug-likeness (QED) is 0.0991. The van der Waals surface area contributed by atoms with Gasteiger partial charge < -0.3 is 9.47 Å². The summed E-state index contributed by atoms with van der Waals surface area (Å²) >= 11 is 0. The maximum absolute atomic E-state index is 15.2. The van der Waals surface area contributed by atoms with E-state index in [4.69, 9.17) is 0 Å². The van der Waals surface area contributed by atoms with E-state index in [9.17, 15) is 150 Å². The molecule has 0 spiro atoms. The Hall–Kier alpha value is -3.60. The van der Waals surface area contributed by atoms with Crippen LogP contribution in [0.25, 0.3) is 0 Å². The highest BCUT2D eigenvalue weighted by atomic mass is 19.5. The van der Waals surface area contributed by atoms with Gasteiger partial charge in [0.1, 0.15) is 0 Å². The van der Waals surface area contributed by atoms with Crippen molar-refractivity contribution in [1.29, 1.82) is 0 Å². The SMILES string of the molecule is O=C(OCC12CC3CC(C1)CC(COC(=O)C(F)(OC(F)(F)C(F)(OC(F)(F)C(F)(F)C(F)(F)F)C(F)(F)F)C(F)(F)F)(C3)C2)C(F)(OC(F)(F)C(F)(OC(F)(F)C(F)(F)C(F)(F)F)C(F)(F)F)C(F)(F)F. The van der Waals surface area contributed by atoms with Crippen LogP contribution in [0, 0.1) is 22.7 Å². The van der Waals surface area contributed by atoms with Gasteiger partial charge in [-0.1, -0.05) is 0 Å². The van der Waals surface area contributed by atoms with Crippen molar-refractivity contribution in [3.8, 4) is 0 Å². The Morgan fingerprint density at radius 2 is 0.597 bits per heavy atom. The summed E-state index contributed by atoms with van der Waals surface area (Å²) in [6.07, 6.45) is -85.0.